The van der Waals surface area contributed by atoms with Gasteiger partial charge in [0.15, 0.2) is 0 Å². The predicted molar refractivity (Wildman–Crippen MR) is 84.8 cm³/mol. The Morgan fingerprint density at radius 2 is 2.12 bits per heavy atom. The smallest absolute Gasteiger partial charge is 0.344 e. The summed E-state index contributed by atoms with van der Waals surface area (Å²) in [6.45, 7) is 1.61. The lowest BCUT2D eigenvalue weighted by molar-refractivity contribution is -0.272. The van der Waals surface area contributed by atoms with E-state index in [-0.39, 0.29) is 28.6 Å². The number of carbonyl (C=O) groups excluding carboxylic acids is 1. The molecule has 0 radical (unpaired) electrons. The van der Waals surface area contributed by atoms with Gasteiger partial charge in [0.1, 0.15) is 6.10 Å². The van der Waals surface area contributed by atoms with Crippen molar-refractivity contribution in [1.82, 2.24) is 0 Å². The first-order valence-corrected chi connectivity index (χ1v) is 8.19. The van der Waals surface area contributed by atoms with Gasteiger partial charge in [0.25, 0.3) is 5.91 Å². The average Bonchev–Trinajstić information content (AvgIpc) is 3.32. The number of hydrogen-bond donors (Lipinski definition) is 1. The van der Waals surface area contributed by atoms with Crippen LogP contribution in [0.1, 0.15) is 31.7 Å². The van der Waals surface area contributed by atoms with Crippen LogP contribution in [-0.4, -0.2) is 18.2 Å². The molecule has 2 aliphatic rings. The van der Waals surface area contributed by atoms with Crippen LogP contribution < -0.4 is 5.32 Å². The van der Waals surface area contributed by atoms with Gasteiger partial charge >= 0.3 is 6.18 Å². The predicted octanol–water partition coefficient (Wildman–Crippen LogP) is 4.81. The fourth-order valence-corrected chi connectivity index (χ4v) is 2.93. The zero-order valence-corrected chi connectivity index (χ0v) is 13.7. The minimum absolute atomic E-state index is 0.0677. The Morgan fingerprint density at radius 3 is 2.71 bits per heavy atom. The van der Waals surface area contributed by atoms with Crippen LogP contribution >= 0.6 is 11.6 Å². The fraction of sp³-hybridized carbons (Fsp3) is 0.471. The zero-order chi connectivity index (χ0) is 17.5. The van der Waals surface area contributed by atoms with Gasteiger partial charge < -0.3 is 10.1 Å². The van der Waals surface area contributed by atoms with Crippen molar-refractivity contribution >= 4 is 23.2 Å². The maximum Gasteiger partial charge on any atom is 0.425 e. The summed E-state index contributed by atoms with van der Waals surface area (Å²) >= 11 is 5.93. The summed E-state index contributed by atoms with van der Waals surface area (Å²) in [5.74, 6) is -0.463. The molecule has 3 rings (SSSR count). The number of halogens is 4. The van der Waals surface area contributed by atoms with E-state index in [0.717, 1.165) is 18.9 Å². The van der Waals surface area contributed by atoms with Crippen molar-refractivity contribution < 1.29 is 22.7 Å². The Hall–Kier alpha value is -1.53. The second kappa shape index (κ2) is 6.08. The molecule has 0 spiro atoms. The second-order valence-corrected chi connectivity index (χ2v) is 6.56. The molecule has 2 unspecified atom stereocenters. The maximum atomic E-state index is 14.1. The highest BCUT2D eigenvalue weighted by atomic mass is 35.5. The van der Waals surface area contributed by atoms with Gasteiger partial charge in [-0.15, -0.1) is 0 Å². The number of rotatable bonds is 3. The third-order valence-electron chi connectivity index (χ3n) is 4.28. The summed E-state index contributed by atoms with van der Waals surface area (Å²) < 4.78 is 47.8. The quantitative estimate of drug-likeness (QED) is 0.786. The molecule has 1 N–H and O–H groups in total. The Labute approximate surface area is 142 Å². The third kappa shape index (κ3) is 3.05. The molecule has 2 atom stereocenters. The average molecular weight is 360 g/mol. The lowest BCUT2D eigenvalue weighted by Crippen LogP contribution is -2.46. The normalized spacial score (nSPS) is 27.7. The van der Waals surface area contributed by atoms with E-state index in [1.54, 1.807) is 6.92 Å². The molecule has 1 aromatic carbocycles. The zero-order valence-electron chi connectivity index (χ0n) is 13.0. The molecule has 1 fully saturated rings. The molecule has 130 valence electrons. The molecular formula is C17H17ClF3NO2. The van der Waals surface area contributed by atoms with Crippen molar-refractivity contribution in [2.45, 2.75) is 44.1 Å². The third-order valence-corrected chi connectivity index (χ3v) is 4.51. The van der Waals surface area contributed by atoms with Crippen molar-refractivity contribution in [3.63, 3.8) is 0 Å². The van der Waals surface area contributed by atoms with Gasteiger partial charge in [-0.05, 0) is 49.5 Å². The number of alkyl halides is 3. The summed E-state index contributed by atoms with van der Waals surface area (Å²) in [6.07, 6.45) is -1.52. The molecule has 24 heavy (non-hydrogen) atoms. The van der Waals surface area contributed by atoms with Crippen LogP contribution in [0, 0.1) is 5.92 Å². The van der Waals surface area contributed by atoms with E-state index < -0.39 is 23.8 Å². The van der Waals surface area contributed by atoms with Gasteiger partial charge in [0.05, 0.1) is 0 Å². The SMILES string of the molecule is CCC1OC(/C=C/C2CC2)(C(F)(F)F)c2cc(Cl)ccc2NC1=O. The number of anilines is 1. The fourth-order valence-electron chi connectivity index (χ4n) is 2.76. The van der Waals surface area contributed by atoms with Gasteiger partial charge in [-0.25, -0.2) is 0 Å². The summed E-state index contributed by atoms with van der Waals surface area (Å²) in [5.41, 5.74) is -2.82. The minimum atomic E-state index is -4.74. The van der Waals surface area contributed by atoms with E-state index in [9.17, 15) is 18.0 Å². The number of nitrogens with one attached hydrogen (secondary N) is 1. The van der Waals surface area contributed by atoms with Gasteiger partial charge in [0, 0.05) is 16.3 Å². The van der Waals surface area contributed by atoms with Gasteiger partial charge in [-0.3, -0.25) is 4.79 Å². The van der Waals surface area contributed by atoms with Gasteiger partial charge in [-0.2, -0.15) is 13.2 Å². The topological polar surface area (TPSA) is 38.3 Å². The van der Waals surface area contributed by atoms with Crippen LogP contribution in [0.5, 0.6) is 0 Å². The highest BCUT2D eigenvalue weighted by Gasteiger charge is 2.59. The molecule has 3 nitrogen and oxygen atoms in total. The first-order valence-electron chi connectivity index (χ1n) is 7.81. The van der Waals surface area contributed by atoms with Gasteiger partial charge in [-0.1, -0.05) is 24.6 Å². The number of ether oxygens (including phenoxy) is 1. The molecule has 0 saturated heterocycles. The van der Waals surface area contributed by atoms with Crippen LogP contribution in [0.25, 0.3) is 0 Å². The van der Waals surface area contributed by atoms with Crippen LogP contribution in [-0.2, 0) is 15.1 Å². The van der Waals surface area contributed by atoms with Crippen molar-refractivity contribution in [2.75, 3.05) is 5.32 Å². The molecule has 0 aromatic heterocycles. The summed E-state index contributed by atoms with van der Waals surface area (Å²) in [7, 11) is 0. The maximum absolute atomic E-state index is 14.1. The van der Waals surface area contributed by atoms with E-state index in [4.69, 9.17) is 16.3 Å². The second-order valence-electron chi connectivity index (χ2n) is 6.12. The van der Waals surface area contributed by atoms with E-state index in [2.05, 4.69) is 5.32 Å². The Kier molecular flexibility index (Phi) is 4.38. The molecule has 1 heterocycles. The number of hydrogen-bond acceptors (Lipinski definition) is 2. The van der Waals surface area contributed by atoms with Crippen molar-refractivity contribution in [3.05, 3.63) is 40.9 Å². The number of benzene rings is 1. The van der Waals surface area contributed by atoms with E-state index >= 15 is 0 Å². The summed E-state index contributed by atoms with van der Waals surface area (Å²) in [5, 5.41) is 2.67. The standard InChI is InChI=1S/C17H17ClF3NO2/c1-2-14-15(23)22-13-6-5-11(18)9-12(13)16(24-14,17(19,20)21)8-7-10-3-4-10/h5-10,14H,2-4H2,1H3,(H,22,23)/b8-7+. The molecule has 1 amide bonds. The Bertz CT molecular complexity index is 685. The number of allylic oxidation sites excluding steroid dienone is 1. The number of fused-ring (bicyclic) bond motifs is 1. The lowest BCUT2D eigenvalue weighted by atomic mass is 9.90. The number of amides is 1. The molecule has 1 aromatic rings. The first-order chi connectivity index (χ1) is 11.3. The molecule has 0 bridgehead atoms. The highest BCUT2D eigenvalue weighted by molar-refractivity contribution is 6.30. The molecule has 1 aliphatic carbocycles. The van der Waals surface area contributed by atoms with E-state index in [1.165, 1.54) is 24.3 Å². The van der Waals surface area contributed by atoms with Crippen molar-refractivity contribution in [3.8, 4) is 0 Å². The summed E-state index contributed by atoms with van der Waals surface area (Å²) in [6, 6.07) is 4.03. The monoisotopic (exact) mass is 359 g/mol. The minimum Gasteiger partial charge on any atom is -0.344 e. The van der Waals surface area contributed by atoms with Crippen molar-refractivity contribution in [2.24, 2.45) is 5.92 Å². The number of carbonyl (C=O) groups is 1. The van der Waals surface area contributed by atoms with Crippen molar-refractivity contribution in [1.29, 1.82) is 0 Å². The van der Waals surface area contributed by atoms with Crippen LogP contribution in [0.4, 0.5) is 18.9 Å². The molecular weight excluding hydrogens is 343 g/mol. The first kappa shape index (κ1) is 17.3. The van der Waals surface area contributed by atoms with Gasteiger partial charge in [0.2, 0.25) is 5.60 Å². The summed E-state index contributed by atoms with van der Waals surface area (Å²) in [4.78, 5) is 12.2. The Morgan fingerprint density at radius 1 is 1.42 bits per heavy atom. The highest BCUT2D eigenvalue weighted by Crippen LogP contribution is 2.50. The van der Waals surface area contributed by atoms with E-state index in [1.807, 2.05) is 0 Å². The molecule has 7 heteroatoms. The van der Waals surface area contributed by atoms with Crippen LogP contribution in [0.3, 0.4) is 0 Å². The lowest BCUT2D eigenvalue weighted by Gasteiger charge is -2.35. The largest absolute Gasteiger partial charge is 0.425 e. The molecule has 1 aliphatic heterocycles. The Balaban J connectivity index is 2.22. The van der Waals surface area contributed by atoms with Crippen LogP contribution in [0.2, 0.25) is 5.02 Å². The van der Waals surface area contributed by atoms with E-state index in [0.29, 0.717) is 0 Å². The molecule has 1 saturated carbocycles. The van der Waals surface area contributed by atoms with Crippen LogP contribution in [0.15, 0.2) is 30.4 Å².